The van der Waals surface area contributed by atoms with Gasteiger partial charge in [0.05, 0.1) is 15.5 Å². The molecule has 2 aromatic carbocycles. The second-order valence-corrected chi connectivity index (χ2v) is 8.54. The van der Waals surface area contributed by atoms with Gasteiger partial charge in [-0.05, 0) is 37.3 Å². The van der Waals surface area contributed by atoms with Crippen LogP contribution in [0.25, 0.3) is 0 Å². The van der Waals surface area contributed by atoms with Crippen molar-refractivity contribution in [3.63, 3.8) is 0 Å². The maximum atomic E-state index is 12.7. The Hall–Kier alpha value is -1.61. The Morgan fingerprint density at radius 3 is 2.62 bits per heavy atom. The van der Waals surface area contributed by atoms with E-state index < -0.39 is 10.1 Å². The molecular weight excluding hydrogens is 414 g/mol. The van der Waals surface area contributed by atoms with Crippen molar-refractivity contribution in [3.8, 4) is 0 Å². The molecule has 1 aliphatic heterocycles. The molecule has 0 bridgehead atoms. The van der Waals surface area contributed by atoms with Crippen molar-refractivity contribution in [2.75, 3.05) is 5.32 Å². The molecule has 0 unspecified atom stereocenters. The first-order chi connectivity index (χ1) is 11.3. The highest BCUT2D eigenvalue weighted by Gasteiger charge is 2.24. The molecule has 8 heteroatoms. The number of fused-ring (bicyclic) bond motifs is 1. The average Bonchev–Trinajstić information content (AvgIpc) is 2.52. The fraction of sp³-hybridized carbons (Fsp3) is 0.0625. The molecule has 0 spiro atoms. The number of carbonyl (C=O) groups is 1. The number of rotatable bonds is 3. The van der Waals surface area contributed by atoms with Crippen LogP contribution in [0.5, 0.6) is 0 Å². The Bertz CT molecular complexity index is 983. The van der Waals surface area contributed by atoms with Gasteiger partial charge in [-0.25, -0.2) is 0 Å². The van der Waals surface area contributed by atoms with Crippen LogP contribution in [0, 0.1) is 0 Å². The van der Waals surface area contributed by atoms with E-state index in [2.05, 4.69) is 21.2 Å². The minimum absolute atomic E-state index is 0.115. The predicted octanol–water partition coefficient (Wildman–Crippen LogP) is 4.33. The number of hydrogen-bond acceptors (Lipinski definition) is 5. The van der Waals surface area contributed by atoms with E-state index in [-0.39, 0.29) is 10.7 Å². The molecule has 0 atom stereocenters. The highest BCUT2D eigenvalue weighted by molar-refractivity contribution is 9.10. The molecule has 2 aromatic rings. The SMILES string of the molecule is CC1=C(C(=O)c2cccc(Br)c2)Sc2ccc(S(=O)(=O)O)cc2N1. The molecule has 0 aliphatic carbocycles. The van der Waals surface area contributed by atoms with Gasteiger partial charge in [-0.1, -0.05) is 39.8 Å². The molecule has 3 rings (SSSR count). The van der Waals surface area contributed by atoms with E-state index in [0.717, 1.165) is 4.47 Å². The number of nitrogens with one attached hydrogen (secondary N) is 1. The molecule has 124 valence electrons. The molecule has 0 saturated carbocycles. The zero-order valence-electron chi connectivity index (χ0n) is 12.4. The van der Waals surface area contributed by atoms with Crippen LogP contribution in [0.2, 0.25) is 0 Å². The number of benzene rings is 2. The standard InChI is InChI=1S/C16H12BrNO4S2/c1-9-16(15(19)10-3-2-4-11(17)7-10)23-14-6-5-12(24(20,21)22)8-13(14)18-9/h2-8,18H,1H3,(H,20,21,22). The maximum Gasteiger partial charge on any atom is 0.294 e. The lowest BCUT2D eigenvalue weighted by Crippen LogP contribution is -2.12. The van der Waals surface area contributed by atoms with Gasteiger partial charge < -0.3 is 5.32 Å². The number of allylic oxidation sites excluding steroid dienone is 2. The van der Waals surface area contributed by atoms with Crippen LogP contribution in [-0.4, -0.2) is 18.8 Å². The summed E-state index contributed by atoms with van der Waals surface area (Å²) >= 11 is 4.62. The van der Waals surface area contributed by atoms with Crippen molar-refractivity contribution < 1.29 is 17.8 Å². The number of carbonyl (C=O) groups excluding carboxylic acids is 1. The highest BCUT2D eigenvalue weighted by Crippen LogP contribution is 2.41. The lowest BCUT2D eigenvalue weighted by Gasteiger charge is -2.22. The van der Waals surface area contributed by atoms with Crippen molar-refractivity contribution in [2.24, 2.45) is 0 Å². The molecule has 2 N–H and O–H groups in total. The Kier molecular flexibility index (Phi) is 4.56. The Labute approximate surface area is 152 Å². The third-order valence-corrected chi connectivity index (χ3v) is 6.03. The van der Waals surface area contributed by atoms with Gasteiger partial charge in [0.1, 0.15) is 0 Å². The molecule has 1 aliphatic rings. The topological polar surface area (TPSA) is 83.5 Å². The summed E-state index contributed by atoms with van der Waals surface area (Å²) in [7, 11) is -4.27. The third-order valence-electron chi connectivity index (χ3n) is 3.42. The molecule has 0 fully saturated rings. The number of Topliss-reactive ketones (excluding diaryl/α,β-unsaturated/α-hetero) is 1. The fourth-order valence-corrected chi connectivity index (χ4v) is 4.18. The number of hydrogen-bond donors (Lipinski definition) is 2. The smallest absolute Gasteiger partial charge is 0.294 e. The van der Waals surface area contributed by atoms with Gasteiger partial charge in [-0.3, -0.25) is 9.35 Å². The van der Waals surface area contributed by atoms with Crippen molar-refractivity contribution in [2.45, 2.75) is 16.7 Å². The van der Waals surface area contributed by atoms with Crippen LogP contribution in [0.1, 0.15) is 17.3 Å². The second kappa shape index (κ2) is 6.36. The van der Waals surface area contributed by atoms with Crippen molar-refractivity contribution in [1.82, 2.24) is 0 Å². The first-order valence-corrected chi connectivity index (χ1v) is 9.88. The van der Waals surface area contributed by atoms with E-state index in [1.165, 1.54) is 23.9 Å². The van der Waals surface area contributed by atoms with Crippen LogP contribution in [0.4, 0.5) is 5.69 Å². The van der Waals surface area contributed by atoms with E-state index in [1.54, 1.807) is 31.2 Å². The number of ketones is 1. The summed E-state index contributed by atoms with van der Waals surface area (Å²) in [6.07, 6.45) is 0. The first kappa shape index (κ1) is 17.2. The summed E-state index contributed by atoms with van der Waals surface area (Å²) in [6.45, 7) is 1.75. The van der Waals surface area contributed by atoms with E-state index in [4.69, 9.17) is 4.55 Å². The predicted molar refractivity (Wildman–Crippen MR) is 96.9 cm³/mol. The van der Waals surface area contributed by atoms with Crippen LogP contribution in [-0.2, 0) is 10.1 Å². The van der Waals surface area contributed by atoms with E-state index >= 15 is 0 Å². The Morgan fingerprint density at radius 1 is 1.21 bits per heavy atom. The molecule has 5 nitrogen and oxygen atoms in total. The van der Waals surface area contributed by atoms with Crippen LogP contribution >= 0.6 is 27.7 Å². The Morgan fingerprint density at radius 2 is 1.96 bits per heavy atom. The van der Waals surface area contributed by atoms with Crippen LogP contribution in [0.15, 0.2) is 67.3 Å². The highest BCUT2D eigenvalue weighted by atomic mass is 79.9. The summed E-state index contributed by atoms with van der Waals surface area (Å²) in [4.78, 5) is 13.8. The minimum atomic E-state index is -4.27. The van der Waals surface area contributed by atoms with Gasteiger partial charge in [0.25, 0.3) is 10.1 Å². The molecule has 0 saturated heterocycles. The summed E-state index contributed by atoms with van der Waals surface area (Å²) in [6, 6.07) is 11.4. The normalized spacial score (nSPS) is 14.1. The lowest BCUT2D eigenvalue weighted by molar-refractivity contribution is 0.104. The van der Waals surface area contributed by atoms with Crippen molar-refractivity contribution in [1.29, 1.82) is 0 Å². The van der Waals surface area contributed by atoms with Gasteiger partial charge in [0.2, 0.25) is 5.78 Å². The molecule has 0 aromatic heterocycles. The number of thioether (sulfide) groups is 1. The largest absolute Gasteiger partial charge is 0.357 e. The second-order valence-electron chi connectivity index (χ2n) is 5.15. The summed E-state index contributed by atoms with van der Waals surface area (Å²) in [5.41, 5.74) is 1.73. The maximum absolute atomic E-state index is 12.7. The van der Waals surface area contributed by atoms with E-state index in [0.29, 0.717) is 26.7 Å². The zero-order valence-corrected chi connectivity index (χ0v) is 15.6. The summed E-state index contributed by atoms with van der Waals surface area (Å²) in [5, 5.41) is 3.04. The number of anilines is 1. The van der Waals surface area contributed by atoms with Crippen molar-refractivity contribution >= 4 is 49.3 Å². The van der Waals surface area contributed by atoms with Crippen LogP contribution < -0.4 is 5.32 Å². The van der Waals surface area contributed by atoms with Crippen molar-refractivity contribution in [3.05, 3.63) is 63.1 Å². The molecule has 24 heavy (non-hydrogen) atoms. The molecule has 0 radical (unpaired) electrons. The first-order valence-electron chi connectivity index (χ1n) is 6.83. The van der Waals surface area contributed by atoms with Gasteiger partial charge in [-0.15, -0.1) is 0 Å². The van der Waals surface area contributed by atoms with Gasteiger partial charge in [0.15, 0.2) is 0 Å². The number of halogens is 1. The quantitative estimate of drug-likeness (QED) is 0.562. The monoisotopic (exact) mass is 425 g/mol. The van der Waals surface area contributed by atoms with Gasteiger partial charge in [-0.2, -0.15) is 8.42 Å². The summed E-state index contributed by atoms with van der Waals surface area (Å²) < 4.78 is 32.4. The Balaban J connectivity index is 1.97. The molecular formula is C16H12BrNO4S2. The molecule has 1 heterocycles. The minimum Gasteiger partial charge on any atom is -0.357 e. The average molecular weight is 426 g/mol. The lowest BCUT2D eigenvalue weighted by atomic mass is 10.1. The van der Waals surface area contributed by atoms with Gasteiger partial charge >= 0.3 is 0 Å². The summed E-state index contributed by atoms with van der Waals surface area (Å²) in [5.74, 6) is -0.115. The third kappa shape index (κ3) is 3.41. The zero-order chi connectivity index (χ0) is 17.5. The molecule has 0 amide bonds. The van der Waals surface area contributed by atoms with E-state index in [9.17, 15) is 13.2 Å². The van der Waals surface area contributed by atoms with Gasteiger partial charge in [0, 0.05) is 20.6 Å². The van der Waals surface area contributed by atoms with E-state index in [1.807, 2.05) is 6.07 Å². The van der Waals surface area contributed by atoms with Crippen LogP contribution in [0.3, 0.4) is 0 Å². The fourth-order valence-electron chi connectivity index (χ4n) is 2.28.